The average Bonchev–Trinajstić information content (AvgIpc) is 2.94. The van der Waals surface area contributed by atoms with E-state index in [9.17, 15) is 0 Å². The first kappa shape index (κ1) is 11.1. The van der Waals surface area contributed by atoms with Gasteiger partial charge < -0.3 is 5.32 Å². The van der Waals surface area contributed by atoms with Crippen LogP contribution in [0.2, 0.25) is 0 Å². The summed E-state index contributed by atoms with van der Waals surface area (Å²) in [6.45, 7) is 2.36. The Kier molecular flexibility index (Phi) is 3.12. The van der Waals surface area contributed by atoms with Gasteiger partial charge in [0, 0.05) is 22.9 Å². The molecule has 1 aromatic heterocycles. The number of hydrogen-bond acceptors (Lipinski definition) is 2. The molecule has 1 saturated carbocycles. The number of halogens is 1. The highest BCUT2D eigenvalue weighted by molar-refractivity contribution is 9.10. The maximum Gasteiger partial charge on any atom is 0.0410 e. The Balaban J connectivity index is 2.06. The zero-order valence-corrected chi connectivity index (χ0v) is 10.8. The molecule has 1 heterocycles. The van der Waals surface area contributed by atoms with E-state index >= 15 is 0 Å². The normalized spacial score (nSPS) is 19.9. The van der Waals surface area contributed by atoms with Gasteiger partial charge in [0.05, 0.1) is 0 Å². The van der Waals surface area contributed by atoms with Crippen LogP contribution in [0.1, 0.15) is 25.3 Å². The molecule has 0 aromatic carbocycles. The molecule has 1 N–H and O–H groups in total. The number of hydrogen-bond donors (Lipinski definition) is 1. The lowest BCUT2D eigenvalue weighted by atomic mass is 9.93. The molecule has 82 valence electrons. The summed E-state index contributed by atoms with van der Waals surface area (Å²) in [5, 5.41) is 3.43. The molecule has 1 fully saturated rings. The smallest absolute Gasteiger partial charge is 0.0410 e. The molecular weight excluding hydrogens is 252 g/mol. The third-order valence-corrected chi connectivity index (χ3v) is 3.86. The first-order valence-corrected chi connectivity index (χ1v) is 6.20. The minimum atomic E-state index is 0.511. The molecule has 0 bridgehead atoms. The summed E-state index contributed by atoms with van der Waals surface area (Å²) in [5.41, 5.74) is 1.81. The predicted molar refractivity (Wildman–Crippen MR) is 65.8 cm³/mol. The van der Waals surface area contributed by atoms with Crippen molar-refractivity contribution in [3.05, 3.63) is 28.5 Å². The van der Waals surface area contributed by atoms with Crippen molar-refractivity contribution in [2.24, 2.45) is 5.41 Å². The van der Waals surface area contributed by atoms with Crippen LogP contribution in [0.25, 0.3) is 0 Å². The molecule has 0 amide bonds. The van der Waals surface area contributed by atoms with Crippen molar-refractivity contribution in [2.75, 3.05) is 7.05 Å². The van der Waals surface area contributed by atoms with Crippen molar-refractivity contribution in [3.8, 4) is 0 Å². The quantitative estimate of drug-likeness (QED) is 0.909. The van der Waals surface area contributed by atoms with Crippen LogP contribution in [0.4, 0.5) is 0 Å². The standard InChI is InChI=1S/C12H17BrN2/c1-12(3-4-12)11(14-2)6-9-5-10(13)8-15-7-9/h5,7-8,11,14H,3-4,6H2,1-2H3. The third kappa shape index (κ3) is 2.58. The van der Waals surface area contributed by atoms with Crippen molar-refractivity contribution in [1.82, 2.24) is 10.3 Å². The van der Waals surface area contributed by atoms with Crippen LogP contribution in [0.5, 0.6) is 0 Å². The first-order valence-electron chi connectivity index (χ1n) is 5.41. The SMILES string of the molecule is CNC(Cc1cncc(Br)c1)C1(C)CC1. The number of nitrogens with zero attached hydrogens (tertiary/aromatic N) is 1. The first-order chi connectivity index (χ1) is 7.14. The molecule has 1 aliphatic carbocycles. The fourth-order valence-electron chi connectivity index (χ4n) is 2.05. The number of aromatic nitrogens is 1. The van der Waals surface area contributed by atoms with Crippen molar-refractivity contribution in [2.45, 2.75) is 32.2 Å². The van der Waals surface area contributed by atoms with Crippen molar-refractivity contribution in [1.29, 1.82) is 0 Å². The van der Waals surface area contributed by atoms with Gasteiger partial charge in [0.15, 0.2) is 0 Å². The summed E-state index contributed by atoms with van der Waals surface area (Å²) >= 11 is 3.46. The van der Waals surface area contributed by atoms with Crippen molar-refractivity contribution < 1.29 is 0 Å². The average molecular weight is 269 g/mol. The molecule has 1 aliphatic rings. The number of nitrogens with one attached hydrogen (secondary N) is 1. The summed E-state index contributed by atoms with van der Waals surface area (Å²) < 4.78 is 1.07. The molecule has 2 rings (SSSR count). The Morgan fingerprint density at radius 1 is 1.53 bits per heavy atom. The van der Waals surface area contributed by atoms with Gasteiger partial charge in [-0.1, -0.05) is 6.92 Å². The van der Waals surface area contributed by atoms with Crippen LogP contribution in [0.3, 0.4) is 0 Å². The van der Waals surface area contributed by atoms with Gasteiger partial charge >= 0.3 is 0 Å². The molecule has 0 spiro atoms. The highest BCUT2D eigenvalue weighted by Crippen LogP contribution is 2.48. The minimum absolute atomic E-state index is 0.511. The van der Waals surface area contributed by atoms with Gasteiger partial charge in [0.25, 0.3) is 0 Å². The minimum Gasteiger partial charge on any atom is -0.316 e. The van der Waals surface area contributed by atoms with Gasteiger partial charge in [-0.3, -0.25) is 4.98 Å². The van der Waals surface area contributed by atoms with Crippen LogP contribution in [0, 0.1) is 5.41 Å². The zero-order valence-electron chi connectivity index (χ0n) is 9.26. The van der Waals surface area contributed by atoms with E-state index in [2.05, 4.69) is 46.3 Å². The fourth-order valence-corrected chi connectivity index (χ4v) is 2.46. The van der Waals surface area contributed by atoms with E-state index in [0.717, 1.165) is 10.9 Å². The van der Waals surface area contributed by atoms with E-state index in [1.54, 1.807) is 0 Å². The molecular formula is C12H17BrN2. The third-order valence-electron chi connectivity index (χ3n) is 3.43. The highest BCUT2D eigenvalue weighted by Gasteiger charge is 2.43. The fraction of sp³-hybridized carbons (Fsp3) is 0.583. The lowest BCUT2D eigenvalue weighted by Gasteiger charge is -2.22. The Morgan fingerprint density at radius 3 is 2.80 bits per heavy atom. The lowest BCUT2D eigenvalue weighted by molar-refractivity contribution is 0.376. The molecule has 1 aromatic rings. The highest BCUT2D eigenvalue weighted by atomic mass is 79.9. The largest absolute Gasteiger partial charge is 0.316 e. The van der Waals surface area contributed by atoms with E-state index < -0.39 is 0 Å². The van der Waals surface area contributed by atoms with Gasteiger partial charge in [0.1, 0.15) is 0 Å². The number of rotatable bonds is 4. The molecule has 3 heteroatoms. The maximum absolute atomic E-state index is 4.20. The van der Waals surface area contributed by atoms with Gasteiger partial charge in [-0.05, 0) is 59.3 Å². The Labute approximate surface area is 99.6 Å². The second-order valence-electron chi connectivity index (χ2n) is 4.71. The Hall–Kier alpha value is -0.410. The summed E-state index contributed by atoms with van der Waals surface area (Å²) in [6, 6.07) is 2.73. The lowest BCUT2D eigenvalue weighted by Crippen LogP contribution is -2.35. The number of pyridine rings is 1. The van der Waals surface area contributed by atoms with Gasteiger partial charge in [-0.25, -0.2) is 0 Å². The number of likely N-dealkylation sites (N-methyl/N-ethyl adjacent to an activating group) is 1. The van der Waals surface area contributed by atoms with Crippen LogP contribution < -0.4 is 5.32 Å². The van der Waals surface area contributed by atoms with Gasteiger partial charge in [-0.15, -0.1) is 0 Å². The molecule has 1 atom stereocenters. The maximum atomic E-state index is 4.20. The van der Waals surface area contributed by atoms with Crippen LogP contribution in [-0.4, -0.2) is 18.1 Å². The van der Waals surface area contributed by atoms with Gasteiger partial charge in [0.2, 0.25) is 0 Å². The van der Waals surface area contributed by atoms with Gasteiger partial charge in [-0.2, -0.15) is 0 Å². The predicted octanol–water partition coefficient (Wildman–Crippen LogP) is 2.77. The van der Waals surface area contributed by atoms with E-state index in [-0.39, 0.29) is 0 Å². The summed E-state index contributed by atoms with van der Waals surface area (Å²) in [4.78, 5) is 4.20. The Bertz CT molecular complexity index is 347. The zero-order chi connectivity index (χ0) is 10.9. The summed E-state index contributed by atoms with van der Waals surface area (Å²) in [7, 11) is 2.06. The van der Waals surface area contributed by atoms with E-state index in [0.29, 0.717) is 11.5 Å². The van der Waals surface area contributed by atoms with E-state index in [1.807, 2.05) is 12.4 Å². The molecule has 15 heavy (non-hydrogen) atoms. The van der Waals surface area contributed by atoms with Crippen LogP contribution >= 0.6 is 15.9 Å². The van der Waals surface area contributed by atoms with Crippen molar-refractivity contribution >= 4 is 15.9 Å². The van der Waals surface area contributed by atoms with E-state index in [1.165, 1.54) is 18.4 Å². The second-order valence-corrected chi connectivity index (χ2v) is 5.63. The van der Waals surface area contributed by atoms with Crippen molar-refractivity contribution in [3.63, 3.8) is 0 Å². The summed E-state index contributed by atoms with van der Waals surface area (Å²) in [6.07, 6.45) is 7.55. The molecule has 0 radical (unpaired) electrons. The second kappa shape index (κ2) is 4.22. The van der Waals surface area contributed by atoms with Crippen LogP contribution in [0.15, 0.2) is 22.9 Å². The topological polar surface area (TPSA) is 24.9 Å². The van der Waals surface area contributed by atoms with E-state index in [4.69, 9.17) is 0 Å². The summed E-state index contributed by atoms with van der Waals surface area (Å²) in [5.74, 6) is 0. The molecule has 2 nitrogen and oxygen atoms in total. The monoisotopic (exact) mass is 268 g/mol. The van der Waals surface area contributed by atoms with Crippen LogP contribution in [-0.2, 0) is 6.42 Å². The Morgan fingerprint density at radius 2 is 2.27 bits per heavy atom. The molecule has 0 aliphatic heterocycles. The molecule has 0 saturated heterocycles. The molecule has 1 unspecified atom stereocenters.